The van der Waals surface area contributed by atoms with E-state index < -0.39 is 0 Å². The molecule has 1 aliphatic rings. The molecule has 0 spiro atoms. The van der Waals surface area contributed by atoms with Crippen molar-refractivity contribution in [3.63, 3.8) is 0 Å². The van der Waals surface area contributed by atoms with E-state index in [1.165, 1.54) is 5.57 Å². The third-order valence-corrected chi connectivity index (χ3v) is 2.85. The molecule has 1 aliphatic heterocycles. The van der Waals surface area contributed by atoms with Crippen LogP contribution in [0.2, 0.25) is 5.02 Å². The molecule has 1 fully saturated rings. The molecule has 3 heteroatoms. The molecule has 1 aromatic carbocycles. The summed E-state index contributed by atoms with van der Waals surface area (Å²) in [4.78, 5) is 0. The molecule has 0 radical (unpaired) electrons. The van der Waals surface area contributed by atoms with Gasteiger partial charge in [-0.3, -0.25) is 0 Å². The van der Waals surface area contributed by atoms with Crippen LogP contribution in [0.25, 0.3) is 6.08 Å². The fraction of sp³-hybridized carbons (Fsp3) is 0.333. The van der Waals surface area contributed by atoms with E-state index >= 15 is 0 Å². The van der Waals surface area contributed by atoms with E-state index in [-0.39, 0.29) is 12.4 Å². The molecule has 82 valence electrons. The maximum atomic E-state index is 6.08. The van der Waals surface area contributed by atoms with Gasteiger partial charge in [0.1, 0.15) is 0 Å². The number of piperidine rings is 1. The Morgan fingerprint density at radius 2 is 1.80 bits per heavy atom. The summed E-state index contributed by atoms with van der Waals surface area (Å²) in [5, 5.41) is 4.19. The highest BCUT2D eigenvalue weighted by atomic mass is 35.5. The Balaban J connectivity index is 0.00000112. The van der Waals surface area contributed by atoms with Crippen molar-refractivity contribution in [2.75, 3.05) is 13.1 Å². The van der Waals surface area contributed by atoms with Crippen molar-refractivity contribution in [1.82, 2.24) is 5.32 Å². The van der Waals surface area contributed by atoms with Gasteiger partial charge >= 0.3 is 0 Å². The fourth-order valence-electron chi connectivity index (χ4n) is 1.70. The molecular formula is C12H15Cl2N. The molecule has 1 aromatic rings. The predicted molar refractivity (Wildman–Crippen MR) is 68.8 cm³/mol. The predicted octanol–water partition coefficient (Wildman–Crippen LogP) is 3.53. The second-order valence-corrected chi connectivity index (χ2v) is 3.98. The molecule has 15 heavy (non-hydrogen) atoms. The first kappa shape index (κ1) is 12.6. The number of nitrogens with one attached hydrogen (secondary N) is 1. The van der Waals surface area contributed by atoms with Gasteiger partial charge in [0, 0.05) is 5.02 Å². The van der Waals surface area contributed by atoms with Crippen molar-refractivity contribution < 1.29 is 0 Å². The maximum Gasteiger partial charge on any atom is 0.0478 e. The first-order valence-corrected chi connectivity index (χ1v) is 5.39. The van der Waals surface area contributed by atoms with Gasteiger partial charge in [-0.25, -0.2) is 0 Å². The maximum absolute atomic E-state index is 6.08. The van der Waals surface area contributed by atoms with Crippen molar-refractivity contribution in [2.45, 2.75) is 12.8 Å². The van der Waals surface area contributed by atoms with Crippen molar-refractivity contribution in [2.24, 2.45) is 0 Å². The Morgan fingerprint density at radius 3 is 2.47 bits per heavy atom. The Labute approximate surface area is 102 Å². The molecule has 0 aromatic heterocycles. The molecule has 1 N–H and O–H groups in total. The zero-order valence-corrected chi connectivity index (χ0v) is 10.1. The quantitative estimate of drug-likeness (QED) is 0.796. The number of rotatable bonds is 1. The van der Waals surface area contributed by atoms with Crippen LogP contribution < -0.4 is 5.32 Å². The molecule has 0 saturated carbocycles. The summed E-state index contributed by atoms with van der Waals surface area (Å²) in [6.45, 7) is 2.19. The van der Waals surface area contributed by atoms with E-state index in [1.807, 2.05) is 18.2 Å². The summed E-state index contributed by atoms with van der Waals surface area (Å²) >= 11 is 6.08. The molecule has 1 nitrogen and oxygen atoms in total. The van der Waals surface area contributed by atoms with Gasteiger partial charge < -0.3 is 5.32 Å². The summed E-state index contributed by atoms with van der Waals surface area (Å²) in [5.41, 5.74) is 2.64. The summed E-state index contributed by atoms with van der Waals surface area (Å²) in [7, 11) is 0. The van der Waals surface area contributed by atoms with Crippen LogP contribution in [0.3, 0.4) is 0 Å². The highest BCUT2D eigenvalue weighted by Crippen LogP contribution is 2.21. The highest BCUT2D eigenvalue weighted by molar-refractivity contribution is 6.32. The van der Waals surface area contributed by atoms with Crippen LogP contribution in [0.5, 0.6) is 0 Å². The topological polar surface area (TPSA) is 12.0 Å². The molecule has 0 aliphatic carbocycles. The normalized spacial score (nSPS) is 15.7. The lowest BCUT2D eigenvalue weighted by Gasteiger charge is -2.15. The van der Waals surface area contributed by atoms with Crippen LogP contribution in [-0.2, 0) is 0 Å². The molecule has 1 heterocycles. The van der Waals surface area contributed by atoms with Crippen LogP contribution in [0.1, 0.15) is 18.4 Å². The minimum absolute atomic E-state index is 0. The monoisotopic (exact) mass is 243 g/mol. The zero-order valence-electron chi connectivity index (χ0n) is 8.50. The van der Waals surface area contributed by atoms with Crippen LogP contribution in [0.4, 0.5) is 0 Å². The minimum Gasteiger partial charge on any atom is -0.316 e. The summed E-state index contributed by atoms with van der Waals surface area (Å²) in [6.07, 6.45) is 4.51. The van der Waals surface area contributed by atoms with Crippen LogP contribution in [0, 0.1) is 0 Å². The Bertz CT molecular complexity index is 339. The fourth-order valence-corrected chi connectivity index (χ4v) is 1.89. The van der Waals surface area contributed by atoms with Crippen molar-refractivity contribution in [1.29, 1.82) is 0 Å². The average molecular weight is 244 g/mol. The molecule has 1 saturated heterocycles. The molecule has 0 amide bonds. The van der Waals surface area contributed by atoms with E-state index in [4.69, 9.17) is 11.6 Å². The van der Waals surface area contributed by atoms with Crippen molar-refractivity contribution in [3.05, 3.63) is 40.4 Å². The molecular weight excluding hydrogens is 229 g/mol. The van der Waals surface area contributed by atoms with Gasteiger partial charge in [-0.2, -0.15) is 0 Å². The molecule has 0 bridgehead atoms. The SMILES string of the molecule is Cl.Clc1ccccc1C=C1CCNCC1. The van der Waals surface area contributed by atoms with Crippen molar-refractivity contribution >= 4 is 30.1 Å². The lowest BCUT2D eigenvalue weighted by molar-refractivity contribution is 0.613. The lowest BCUT2D eigenvalue weighted by atomic mass is 10.0. The number of halogens is 2. The number of benzene rings is 1. The third kappa shape index (κ3) is 3.53. The van der Waals surface area contributed by atoms with Crippen LogP contribution >= 0.6 is 24.0 Å². The number of hydrogen-bond acceptors (Lipinski definition) is 1. The highest BCUT2D eigenvalue weighted by Gasteiger charge is 2.04. The van der Waals surface area contributed by atoms with Crippen LogP contribution in [-0.4, -0.2) is 13.1 Å². The van der Waals surface area contributed by atoms with E-state index in [9.17, 15) is 0 Å². The first-order valence-electron chi connectivity index (χ1n) is 5.01. The van der Waals surface area contributed by atoms with E-state index in [1.54, 1.807) is 0 Å². The Hall–Kier alpha value is -0.500. The second-order valence-electron chi connectivity index (χ2n) is 3.57. The van der Waals surface area contributed by atoms with Gasteiger partial charge in [-0.1, -0.05) is 41.4 Å². The van der Waals surface area contributed by atoms with Gasteiger partial charge in [-0.15, -0.1) is 12.4 Å². The molecule has 0 atom stereocenters. The second kappa shape index (κ2) is 6.16. The van der Waals surface area contributed by atoms with Gasteiger partial charge in [-0.05, 0) is 37.6 Å². The van der Waals surface area contributed by atoms with Crippen molar-refractivity contribution in [3.8, 4) is 0 Å². The average Bonchev–Trinajstić information content (AvgIpc) is 2.23. The number of hydrogen-bond donors (Lipinski definition) is 1. The third-order valence-electron chi connectivity index (χ3n) is 2.51. The first-order chi connectivity index (χ1) is 6.86. The Morgan fingerprint density at radius 1 is 1.13 bits per heavy atom. The zero-order chi connectivity index (χ0) is 9.80. The standard InChI is InChI=1S/C12H14ClN.ClH/c13-12-4-2-1-3-11(12)9-10-5-7-14-8-6-10;/h1-4,9,14H,5-8H2;1H. The van der Waals surface area contributed by atoms with E-state index in [0.29, 0.717) is 0 Å². The smallest absolute Gasteiger partial charge is 0.0478 e. The summed E-state index contributed by atoms with van der Waals surface area (Å²) in [6, 6.07) is 8.00. The van der Waals surface area contributed by atoms with E-state index in [2.05, 4.69) is 17.5 Å². The van der Waals surface area contributed by atoms with Gasteiger partial charge in [0.05, 0.1) is 0 Å². The molecule has 0 unspecified atom stereocenters. The summed E-state index contributed by atoms with van der Waals surface area (Å²) in [5.74, 6) is 0. The van der Waals surface area contributed by atoms with Gasteiger partial charge in [0.25, 0.3) is 0 Å². The van der Waals surface area contributed by atoms with Gasteiger partial charge in [0.15, 0.2) is 0 Å². The lowest BCUT2D eigenvalue weighted by Crippen LogP contribution is -2.22. The Kier molecular flexibility index (Phi) is 5.16. The minimum atomic E-state index is 0. The summed E-state index contributed by atoms with van der Waals surface area (Å²) < 4.78 is 0. The largest absolute Gasteiger partial charge is 0.316 e. The van der Waals surface area contributed by atoms with Gasteiger partial charge in [0.2, 0.25) is 0 Å². The molecule has 2 rings (SSSR count). The van der Waals surface area contributed by atoms with E-state index in [0.717, 1.165) is 36.5 Å². The van der Waals surface area contributed by atoms with Crippen LogP contribution in [0.15, 0.2) is 29.8 Å².